The van der Waals surface area contributed by atoms with Crippen molar-refractivity contribution in [1.82, 2.24) is 9.62 Å². The van der Waals surface area contributed by atoms with E-state index in [1.807, 2.05) is 13.1 Å². The first-order chi connectivity index (χ1) is 9.44. The molecule has 1 aliphatic carbocycles. The van der Waals surface area contributed by atoms with Gasteiger partial charge < -0.3 is 4.90 Å². The molecule has 1 aromatic carbocycles. The van der Waals surface area contributed by atoms with Crippen molar-refractivity contribution in [3.8, 4) is 6.07 Å². The SMILES string of the molecule is Cc1ccc(C#N)cc1S(=O)(=O)NCCN(C)C1CC1. The lowest BCUT2D eigenvalue weighted by molar-refractivity contribution is 0.329. The van der Waals surface area contributed by atoms with Crippen molar-refractivity contribution in [2.24, 2.45) is 0 Å². The quantitative estimate of drug-likeness (QED) is 0.856. The van der Waals surface area contributed by atoms with Crippen molar-refractivity contribution in [1.29, 1.82) is 5.26 Å². The third kappa shape index (κ3) is 3.57. The van der Waals surface area contributed by atoms with Gasteiger partial charge in [-0.05, 0) is 44.5 Å². The molecule has 1 aromatic rings. The number of aryl methyl sites for hydroxylation is 1. The smallest absolute Gasteiger partial charge is 0.240 e. The third-order valence-electron chi connectivity index (χ3n) is 3.53. The van der Waals surface area contributed by atoms with Crippen LogP contribution in [0.1, 0.15) is 24.0 Å². The molecule has 0 bridgehead atoms. The number of rotatable bonds is 6. The second kappa shape index (κ2) is 5.92. The highest BCUT2D eigenvalue weighted by Gasteiger charge is 2.26. The molecule has 0 spiro atoms. The maximum atomic E-state index is 12.2. The van der Waals surface area contributed by atoms with Gasteiger partial charge in [-0.3, -0.25) is 0 Å². The van der Waals surface area contributed by atoms with E-state index >= 15 is 0 Å². The summed E-state index contributed by atoms with van der Waals surface area (Å²) in [6.45, 7) is 2.80. The van der Waals surface area contributed by atoms with Gasteiger partial charge in [-0.1, -0.05) is 6.07 Å². The number of benzene rings is 1. The molecule has 108 valence electrons. The lowest BCUT2D eigenvalue weighted by atomic mass is 10.2. The van der Waals surface area contributed by atoms with Gasteiger partial charge in [0.15, 0.2) is 0 Å². The minimum atomic E-state index is -3.55. The summed E-state index contributed by atoms with van der Waals surface area (Å²) in [5, 5.41) is 8.86. The van der Waals surface area contributed by atoms with Crippen LogP contribution < -0.4 is 4.72 Å². The van der Waals surface area contributed by atoms with Gasteiger partial charge >= 0.3 is 0 Å². The molecule has 5 nitrogen and oxygen atoms in total. The molecular weight excluding hydrogens is 274 g/mol. The van der Waals surface area contributed by atoms with Crippen molar-refractivity contribution in [3.63, 3.8) is 0 Å². The van der Waals surface area contributed by atoms with Crippen LogP contribution in [-0.2, 0) is 10.0 Å². The first-order valence-corrected chi connectivity index (χ1v) is 8.13. The maximum absolute atomic E-state index is 12.2. The largest absolute Gasteiger partial charge is 0.302 e. The van der Waals surface area contributed by atoms with Crippen LogP contribution in [0.4, 0.5) is 0 Å². The van der Waals surface area contributed by atoms with Gasteiger partial charge in [0, 0.05) is 19.1 Å². The fourth-order valence-electron chi connectivity index (χ4n) is 2.09. The topological polar surface area (TPSA) is 73.2 Å². The van der Waals surface area contributed by atoms with E-state index in [0.717, 1.165) is 0 Å². The summed E-state index contributed by atoms with van der Waals surface area (Å²) in [6, 6.07) is 7.27. The number of nitrogens with zero attached hydrogens (tertiary/aromatic N) is 2. The molecule has 0 saturated heterocycles. The molecule has 0 atom stereocenters. The summed E-state index contributed by atoms with van der Waals surface area (Å²) in [7, 11) is -1.54. The van der Waals surface area contributed by atoms with Crippen LogP contribution in [0.3, 0.4) is 0 Å². The Kier molecular flexibility index (Phi) is 4.43. The Bertz CT molecular complexity index is 630. The highest BCUT2D eigenvalue weighted by molar-refractivity contribution is 7.89. The summed E-state index contributed by atoms with van der Waals surface area (Å²) >= 11 is 0. The summed E-state index contributed by atoms with van der Waals surface area (Å²) < 4.78 is 27.1. The van der Waals surface area contributed by atoms with Gasteiger partial charge in [-0.15, -0.1) is 0 Å². The average molecular weight is 293 g/mol. The number of likely N-dealkylation sites (N-methyl/N-ethyl adjacent to an activating group) is 1. The van der Waals surface area contributed by atoms with Crippen molar-refractivity contribution in [2.45, 2.75) is 30.7 Å². The predicted molar refractivity (Wildman–Crippen MR) is 76.7 cm³/mol. The van der Waals surface area contributed by atoms with Crippen LogP contribution in [-0.4, -0.2) is 39.5 Å². The molecule has 1 saturated carbocycles. The van der Waals surface area contributed by atoms with Crippen molar-refractivity contribution < 1.29 is 8.42 Å². The lowest BCUT2D eigenvalue weighted by Crippen LogP contribution is -2.34. The Morgan fingerprint density at radius 2 is 2.15 bits per heavy atom. The van der Waals surface area contributed by atoms with Crippen molar-refractivity contribution in [2.75, 3.05) is 20.1 Å². The fourth-order valence-corrected chi connectivity index (χ4v) is 3.38. The van der Waals surface area contributed by atoms with Gasteiger partial charge in [-0.2, -0.15) is 5.26 Å². The molecule has 6 heteroatoms. The molecule has 1 aliphatic rings. The second-order valence-electron chi connectivity index (χ2n) is 5.20. The minimum absolute atomic E-state index is 0.186. The Hall–Kier alpha value is -1.42. The zero-order valence-corrected chi connectivity index (χ0v) is 12.6. The summed E-state index contributed by atoms with van der Waals surface area (Å²) in [5.74, 6) is 0. The molecular formula is C14H19N3O2S. The van der Waals surface area contributed by atoms with Crippen LogP contribution in [0.2, 0.25) is 0 Å². The van der Waals surface area contributed by atoms with E-state index in [2.05, 4.69) is 9.62 Å². The molecule has 1 N–H and O–H groups in total. The highest BCUT2D eigenvalue weighted by atomic mass is 32.2. The summed E-state index contributed by atoms with van der Waals surface area (Å²) in [4.78, 5) is 2.35. The van der Waals surface area contributed by atoms with Gasteiger partial charge in [0.05, 0.1) is 16.5 Å². The Balaban J connectivity index is 2.04. The molecule has 20 heavy (non-hydrogen) atoms. The van der Waals surface area contributed by atoms with Gasteiger partial charge in [-0.25, -0.2) is 13.1 Å². The van der Waals surface area contributed by atoms with Crippen LogP contribution in [0, 0.1) is 18.3 Å². The molecule has 0 heterocycles. The Morgan fingerprint density at radius 3 is 2.75 bits per heavy atom. The standard InChI is InChI=1S/C14H19N3O2S/c1-11-3-4-12(10-15)9-14(11)20(18,19)16-7-8-17(2)13-5-6-13/h3-4,9,13,16H,5-8H2,1-2H3. The first kappa shape index (κ1) is 15.0. The van der Waals surface area contributed by atoms with Crippen LogP contribution in [0.25, 0.3) is 0 Å². The molecule has 0 amide bonds. The second-order valence-corrected chi connectivity index (χ2v) is 6.94. The summed E-state index contributed by atoms with van der Waals surface area (Å²) in [6.07, 6.45) is 2.40. The molecule has 0 unspecified atom stereocenters. The zero-order chi connectivity index (χ0) is 14.8. The van der Waals surface area contributed by atoms with Crippen LogP contribution >= 0.6 is 0 Å². The summed E-state index contributed by atoms with van der Waals surface area (Å²) in [5.41, 5.74) is 0.998. The van der Waals surface area contributed by atoms with E-state index < -0.39 is 10.0 Å². The molecule has 0 aromatic heterocycles. The number of nitrogens with one attached hydrogen (secondary N) is 1. The maximum Gasteiger partial charge on any atom is 0.240 e. The average Bonchev–Trinajstić information content (AvgIpc) is 3.23. The molecule has 1 fully saturated rings. The Labute approximate surface area is 120 Å². The van der Waals surface area contributed by atoms with Crippen molar-refractivity contribution >= 4 is 10.0 Å². The molecule has 2 rings (SSSR count). The van der Waals surface area contributed by atoms with Crippen LogP contribution in [0.15, 0.2) is 23.1 Å². The van der Waals surface area contributed by atoms with Gasteiger partial charge in [0.1, 0.15) is 0 Å². The van der Waals surface area contributed by atoms with E-state index in [0.29, 0.717) is 30.3 Å². The Morgan fingerprint density at radius 1 is 1.45 bits per heavy atom. The van der Waals surface area contributed by atoms with E-state index in [-0.39, 0.29) is 4.90 Å². The predicted octanol–water partition coefficient (Wildman–Crippen LogP) is 1.24. The highest BCUT2D eigenvalue weighted by Crippen LogP contribution is 2.24. The fraction of sp³-hybridized carbons (Fsp3) is 0.500. The lowest BCUT2D eigenvalue weighted by Gasteiger charge is -2.16. The first-order valence-electron chi connectivity index (χ1n) is 6.64. The number of nitriles is 1. The zero-order valence-electron chi connectivity index (χ0n) is 11.8. The van der Waals surface area contributed by atoms with E-state index in [1.54, 1.807) is 19.1 Å². The van der Waals surface area contributed by atoms with Crippen molar-refractivity contribution in [3.05, 3.63) is 29.3 Å². The van der Waals surface area contributed by atoms with Gasteiger partial charge in [0.25, 0.3) is 0 Å². The van der Waals surface area contributed by atoms with E-state index in [9.17, 15) is 8.42 Å². The molecule has 0 radical (unpaired) electrons. The van der Waals surface area contributed by atoms with Gasteiger partial charge in [0.2, 0.25) is 10.0 Å². The third-order valence-corrected chi connectivity index (χ3v) is 5.14. The molecule has 0 aliphatic heterocycles. The van der Waals surface area contributed by atoms with E-state index in [1.165, 1.54) is 18.9 Å². The van der Waals surface area contributed by atoms with E-state index in [4.69, 9.17) is 5.26 Å². The number of hydrogen-bond acceptors (Lipinski definition) is 4. The van der Waals surface area contributed by atoms with Crippen LogP contribution in [0.5, 0.6) is 0 Å². The normalized spacial score (nSPS) is 15.3. The number of sulfonamides is 1. The monoisotopic (exact) mass is 293 g/mol. The number of hydrogen-bond donors (Lipinski definition) is 1. The minimum Gasteiger partial charge on any atom is -0.302 e.